The molecule has 2 rings (SSSR count). The predicted octanol–water partition coefficient (Wildman–Crippen LogP) is 4.95. The SMILES string of the molecule is CC(C)Cc1ccc(C(O)Cc2ccc(F)c(Cl)c2)cc1. The predicted molar refractivity (Wildman–Crippen MR) is 85.1 cm³/mol. The van der Waals surface area contributed by atoms with Crippen molar-refractivity contribution in [2.45, 2.75) is 32.8 Å². The Bertz CT molecular complexity index is 593. The summed E-state index contributed by atoms with van der Waals surface area (Å²) in [6.45, 7) is 4.36. The Kier molecular flexibility index (Phi) is 5.38. The van der Waals surface area contributed by atoms with Crippen LogP contribution in [0.5, 0.6) is 0 Å². The highest BCUT2D eigenvalue weighted by Crippen LogP contribution is 2.23. The van der Waals surface area contributed by atoms with E-state index in [2.05, 4.69) is 26.0 Å². The van der Waals surface area contributed by atoms with Crippen LogP contribution in [0.4, 0.5) is 4.39 Å². The molecule has 0 aliphatic heterocycles. The van der Waals surface area contributed by atoms with E-state index in [0.717, 1.165) is 17.5 Å². The van der Waals surface area contributed by atoms with E-state index in [1.165, 1.54) is 11.6 Å². The van der Waals surface area contributed by atoms with Crippen molar-refractivity contribution >= 4 is 11.6 Å². The zero-order valence-electron chi connectivity index (χ0n) is 12.3. The zero-order chi connectivity index (χ0) is 15.4. The van der Waals surface area contributed by atoms with Gasteiger partial charge in [-0.25, -0.2) is 4.39 Å². The topological polar surface area (TPSA) is 20.2 Å². The van der Waals surface area contributed by atoms with Crippen molar-refractivity contribution < 1.29 is 9.50 Å². The summed E-state index contributed by atoms with van der Waals surface area (Å²) in [5.41, 5.74) is 2.95. The highest BCUT2D eigenvalue weighted by atomic mass is 35.5. The molecule has 112 valence electrons. The first-order valence-corrected chi connectivity index (χ1v) is 7.54. The molecule has 2 aromatic rings. The zero-order valence-corrected chi connectivity index (χ0v) is 13.1. The van der Waals surface area contributed by atoms with Gasteiger partial charge < -0.3 is 5.11 Å². The Labute approximate surface area is 130 Å². The van der Waals surface area contributed by atoms with Crippen LogP contribution in [-0.4, -0.2) is 5.11 Å². The minimum Gasteiger partial charge on any atom is -0.388 e. The van der Waals surface area contributed by atoms with Crippen LogP contribution in [0.1, 0.15) is 36.6 Å². The van der Waals surface area contributed by atoms with Crippen molar-refractivity contribution in [3.8, 4) is 0 Å². The van der Waals surface area contributed by atoms with Gasteiger partial charge in [-0.15, -0.1) is 0 Å². The minimum atomic E-state index is -0.611. The Morgan fingerprint density at radius 1 is 1.00 bits per heavy atom. The molecule has 0 aromatic heterocycles. The van der Waals surface area contributed by atoms with Gasteiger partial charge in [-0.3, -0.25) is 0 Å². The second-order valence-corrected chi connectivity index (χ2v) is 6.22. The standard InChI is InChI=1S/C18H20ClFO/c1-12(2)9-13-3-6-15(7-4-13)18(21)11-14-5-8-17(20)16(19)10-14/h3-8,10,12,18,21H,9,11H2,1-2H3. The third kappa shape index (κ3) is 4.55. The molecule has 0 amide bonds. The first-order valence-electron chi connectivity index (χ1n) is 7.16. The smallest absolute Gasteiger partial charge is 0.141 e. The summed E-state index contributed by atoms with van der Waals surface area (Å²) in [5.74, 6) is 0.176. The second kappa shape index (κ2) is 7.06. The van der Waals surface area contributed by atoms with Crippen LogP contribution < -0.4 is 0 Å². The summed E-state index contributed by atoms with van der Waals surface area (Å²) >= 11 is 5.76. The van der Waals surface area contributed by atoms with Crippen molar-refractivity contribution in [3.63, 3.8) is 0 Å². The van der Waals surface area contributed by atoms with Crippen molar-refractivity contribution in [1.29, 1.82) is 0 Å². The molecular formula is C18H20ClFO. The summed E-state index contributed by atoms with van der Waals surface area (Å²) in [6, 6.07) is 12.5. The lowest BCUT2D eigenvalue weighted by Gasteiger charge is -2.13. The summed E-state index contributed by atoms with van der Waals surface area (Å²) < 4.78 is 13.1. The van der Waals surface area contributed by atoms with E-state index < -0.39 is 11.9 Å². The van der Waals surface area contributed by atoms with Gasteiger partial charge in [0.1, 0.15) is 5.82 Å². The molecule has 3 heteroatoms. The molecule has 1 nitrogen and oxygen atoms in total. The summed E-state index contributed by atoms with van der Waals surface area (Å²) in [5, 5.41) is 10.4. The van der Waals surface area contributed by atoms with Gasteiger partial charge in [0, 0.05) is 6.42 Å². The van der Waals surface area contributed by atoms with E-state index in [0.29, 0.717) is 12.3 Å². The molecule has 0 bridgehead atoms. The molecule has 0 radical (unpaired) electrons. The molecule has 0 aliphatic rings. The van der Waals surface area contributed by atoms with Crippen molar-refractivity contribution in [2.24, 2.45) is 5.92 Å². The van der Waals surface area contributed by atoms with Crippen molar-refractivity contribution in [3.05, 3.63) is 70.0 Å². The lowest BCUT2D eigenvalue weighted by molar-refractivity contribution is 0.178. The summed E-state index contributed by atoms with van der Waals surface area (Å²) in [4.78, 5) is 0. The molecule has 1 N–H and O–H groups in total. The van der Waals surface area contributed by atoms with Gasteiger partial charge >= 0.3 is 0 Å². The van der Waals surface area contributed by atoms with Gasteiger partial charge in [-0.05, 0) is 41.2 Å². The maximum absolute atomic E-state index is 13.1. The van der Waals surface area contributed by atoms with Gasteiger partial charge in [0.2, 0.25) is 0 Å². The first kappa shape index (κ1) is 16.0. The fourth-order valence-corrected chi connectivity index (χ4v) is 2.56. The summed E-state index contributed by atoms with van der Waals surface area (Å²) in [6.07, 6.45) is 0.840. The van der Waals surface area contributed by atoms with Gasteiger partial charge in [0.15, 0.2) is 0 Å². The van der Waals surface area contributed by atoms with Crippen LogP contribution in [0, 0.1) is 11.7 Å². The van der Waals surface area contributed by atoms with E-state index in [9.17, 15) is 9.50 Å². The van der Waals surface area contributed by atoms with Crippen molar-refractivity contribution in [1.82, 2.24) is 0 Å². The molecule has 1 atom stereocenters. The molecule has 0 saturated carbocycles. The number of hydrogen-bond donors (Lipinski definition) is 1. The monoisotopic (exact) mass is 306 g/mol. The molecule has 2 aromatic carbocycles. The van der Waals surface area contributed by atoms with Crippen LogP contribution in [0.25, 0.3) is 0 Å². The van der Waals surface area contributed by atoms with Crippen LogP contribution >= 0.6 is 11.6 Å². The van der Waals surface area contributed by atoms with Crippen LogP contribution in [0.3, 0.4) is 0 Å². The molecule has 0 spiro atoms. The Morgan fingerprint density at radius 3 is 2.19 bits per heavy atom. The molecular weight excluding hydrogens is 287 g/mol. The molecule has 0 heterocycles. The normalized spacial score (nSPS) is 12.7. The molecule has 1 unspecified atom stereocenters. The van der Waals surface area contributed by atoms with Gasteiger partial charge in [-0.1, -0.05) is 55.8 Å². The van der Waals surface area contributed by atoms with Crippen LogP contribution in [-0.2, 0) is 12.8 Å². The van der Waals surface area contributed by atoms with Crippen LogP contribution in [0.15, 0.2) is 42.5 Å². The van der Waals surface area contributed by atoms with E-state index >= 15 is 0 Å². The average Bonchev–Trinajstić information content (AvgIpc) is 2.43. The number of hydrogen-bond acceptors (Lipinski definition) is 1. The van der Waals surface area contributed by atoms with E-state index in [1.54, 1.807) is 12.1 Å². The first-order chi connectivity index (χ1) is 9.95. The van der Waals surface area contributed by atoms with Crippen molar-refractivity contribution in [2.75, 3.05) is 0 Å². The third-order valence-corrected chi connectivity index (χ3v) is 3.71. The van der Waals surface area contributed by atoms with Crippen LogP contribution in [0.2, 0.25) is 5.02 Å². The van der Waals surface area contributed by atoms with E-state index in [4.69, 9.17) is 11.6 Å². The summed E-state index contributed by atoms with van der Waals surface area (Å²) in [7, 11) is 0. The number of benzene rings is 2. The number of aliphatic hydroxyl groups excluding tert-OH is 1. The maximum Gasteiger partial charge on any atom is 0.141 e. The third-order valence-electron chi connectivity index (χ3n) is 3.42. The molecule has 21 heavy (non-hydrogen) atoms. The lowest BCUT2D eigenvalue weighted by atomic mass is 9.97. The Hall–Kier alpha value is -1.38. The average molecular weight is 307 g/mol. The maximum atomic E-state index is 13.1. The number of rotatable bonds is 5. The van der Waals surface area contributed by atoms with E-state index in [-0.39, 0.29) is 5.02 Å². The van der Waals surface area contributed by atoms with Gasteiger partial charge in [0.25, 0.3) is 0 Å². The fraction of sp³-hybridized carbons (Fsp3) is 0.333. The van der Waals surface area contributed by atoms with Gasteiger partial charge in [0.05, 0.1) is 11.1 Å². The molecule has 0 saturated heterocycles. The van der Waals surface area contributed by atoms with Gasteiger partial charge in [-0.2, -0.15) is 0 Å². The highest BCUT2D eigenvalue weighted by molar-refractivity contribution is 6.30. The second-order valence-electron chi connectivity index (χ2n) is 5.81. The molecule has 0 aliphatic carbocycles. The Balaban J connectivity index is 2.05. The lowest BCUT2D eigenvalue weighted by Crippen LogP contribution is -2.03. The number of halogens is 2. The minimum absolute atomic E-state index is 0.0898. The quantitative estimate of drug-likeness (QED) is 0.828. The highest BCUT2D eigenvalue weighted by Gasteiger charge is 2.10. The number of aliphatic hydroxyl groups is 1. The fourth-order valence-electron chi connectivity index (χ4n) is 2.35. The Morgan fingerprint density at radius 2 is 1.62 bits per heavy atom. The molecule has 0 fully saturated rings. The van der Waals surface area contributed by atoms with E-state index in [1.807, 2.05) is 12.1 Å². The largest absolute Gasteiger partial charge is 0.388 e.